The van der Waals surface area contributed by atoms with Crippen molar-refractivity contribution in [2.24, 2.45) is 5.92 Å². The Labute approximate surface area is 122 Å². The number of esters is 1. The molecule has 1 fully saturated rings. The average molecular weight is 274 g/mol. The Morgan fingerprint density at radius 1 is 1.10 bits per heavy atom. The lowest BCUT2D eigenvalue weighted by Gasteiger charge is -2.34. The minimum absolute atomic E-state index is 0.0502. The van der Waals surface area contributed by atoms with Crippen molar-refractivity contribution >= 4 is 5.97 Å². The van der Waals surface area contributed by atoms with Gasteiger partial charge in [0.15, 0.2) is 0 Å². The second kappa shape index (κ2) is 6.43. The Bertz CT molecular complexity index is 432. The van der Waals surface area contributed by atoms with E-state index in [1.807, 2.05) is 25.1 Å². The summed E-state index contributed by atoms with van der Waals surface area (Å²) < 4.78 is 5.84. The van der Waals surface area contributed by atoms with Gasteiger partial charge in [-0.3, -0.25) is 4.79 Å². The molecule has 0 aromatic heterocycles. The molecule has 0 saturated heterocycles. The van der Waals surface area contributed by atoms with E-state index in [4.69, 9.17) is 4.74 Å². The molecule has 1 aliphatic carbocycles. The summed E-state index contributed by atoms with van der Waals surface area (Å²) in [6.45, 7) is 6.17. The van der Waals surface area contributed by atoms with Crippen LogP contribution in [0.25, 0.3) is 0 Å². The number of rotatable bonds is 4. The van der Waals surface area contributed by atoms with E-state index in [1.54, 1.807) is 0 Å². The first kappa shape index (κ1) is 15.1. The molecule has 0 aliphatic heterocycles. The van der Waals surface area contributed by atoms with Crippen LogP contribution in [-0.4, -0.2) is 11.6 Å². The van der Waals surface area contributed by atoms with Crippen molar-refractivity contribution in [1.82, 2.24) is 0 Å². The Morgan fingerprint density at radius 3 is 2.30 bits per heavy atom. The lowest BCUT2D eigenvalue weighted by atomic mass is 9.85. The highest BCUT2D eigenvalue weighted by molar-refractivity contribution is 5.73. The van der Waals surface area contributed by atoms with Gasteiger partial charge >= 0.3 is 5.97 Å². The number of hydrogen-bond donors (Lipinski definition) is 0. The second-order valence-electron chi connectivity index (χ2n) is 6.42. The van der Waals surface area contributed by atoms with Gasteiger partial charge in [-0.2, -0.15) is 0 Å². The summed E-state index contributed by atoms with van der Waals surface area (Å²) in [6.07, 6.45) is 5.62. The van der Waals surface area contributed by atoms with Crippen LogP contribution in [0.2, 0.25) is 0 Å². The van der Waals surface area contributed by atoms with Crippen molar-refractivity contribution in [3.8, 4) is 0 Å². The molecule has 0 heterocycles. The summed E-state index contributed by atoms with van der Waals surface area (Å²) in [6, 6.07) is 10.2. The summed E-state index contributed by atoms with van der Waals surface area (Å²) in [7, 11) is 0. The van der Waals surface area contributed by atoms with Crippen LogP contribution >= 0.6 is 0 Å². The highest BCUT2D eigenvalue weighted by atomic mass is 16.6. The topological polar surface area (TPSA) is 26.3 Å². The van der Waals surface area contributed by atoms with E-state index >= 15 is 0 Å². The van der Waals surface area contributed by atoms with Gasteiger partial charge in [-0.05, 0) is 44.1 Å². The van der Waals surface area contributed by atoms with Gasteiger partial charge in [-0.15, -0.1) is 0 Å². The third-order valence-electron chi connectivity index (χ3n) is 4.71. The van der Waals surface area contributed by atoms with Crippen LogP contribution in [0.15, 0.2) is 30.3 Å². The number of carbonyl (C=O) groups excluding carboxylic acids is 1. The highest BCUT2D eigenvalue weighted by Crippen LogP contribution is 2.33. The van der Waals surface area contributed by atoms with Crippen molar-refractivity contribution in [3.05, 3.63) is 35.9 Å². The molecular weight excluding hydrogens is 248 g/mol. The SMILES string of the molecule is CC(C(=O)OC1(C)CCCCC1)C(C)c1ccccc1. The van der Waals surface area contributed by atoms with E-state index in [0.717, 1.165) is 12.8 Å². The summed E-state index contributed by atoms with van der Waals surface area (Å²) in [5, 5.41) is 0. The third-order valence-corrected chi connectivity index (χ3v) is 4.71. The Balaban J connectivity index is 1.98. The van der Waals surface area contributed by atoms with Gasteiger partial charge in [0.2, 0.25) is 0 Å². The predicted molar refractivity (Wildman–Crippen MR) is 81.6 cm³/mol. The first-order valence-electron chi connectivity index (χ1n) is 7.80. The molecule has 0 spiro atoms. The number of ether oxygens (including phenoxy) is 1. The highest BCUT2D eigenvalue weighted by Gasteiger charge is 2.33. The third kappa shape index (κ3) is 3.62. The molecule has 1 aliphatic rings. The summed E-state index contributed by atoms with van der Waals surface area (Å²) in [4.78, 5) is 12.4. The van der Waals surface area contributed by atoms with Gasteiger partial charge in [0.25, 0.3) is 0 Å². The fraction of sp³-hybridized carbons (Fsp3) is 0.611. The molecular formula is C18H26O2. The molecule has 2 heteroatoms. The van der Waals surface area contributed by atoms with Crippen molar-refractivity contribution in [2.75, 3.05) is 0 Å². The molecule has 1 saturated carbocycles. The first-order chi connectivity index (χ1) is 9.52. The maximum atomic E-state index is 12.4. The van der Waals surface area contributed by atoms with Gasteiger partial charge in [-0.25, -0.2) is 0 Å². The van der Waals surface area contributed by atoms with Crippen molar-refractivity contribution in [3.63, 3.8) is 0 Å². The molecule has 0 amide bonds. The van der Waals surface area contributed by atoms with Gasteiger partial charge in [0, 0.05) is 0 Å². The van der Waals surface area contributed by atoms with E-state index in [-0.39, 0.29) is 23.4 Å². The van der Waals surface area contributed by atoms with E-state index < -0.39 is 0 Å². The van der Waals surface area contributed by atoms with Gasteiger partial charge in [0.1, 0.15) is 5.60 Å². The molecule has 0 radical (unpaired) electrons. The Kier molecular flexibility index (Phi) is 4.85. The fourth-order valence-electron chi connectivity index (χ4n) is 2.99. The maximum absolute atomic E-state index is 12.4. The smallest absolute Gasteiger partial charge is 0.309 e. The first-order valence-corrected chi connectivity index (χ1v) is 7.80. The second-order valence-corrected chi connectivity index (χ2v) is 6.42. The van der Waals surface area contributed by atoms with Crippen LogP contribution < -0.4 is 0 Å². The molecule has 2 unspecified atom stereocenters. The van der Waals surface area contributed by atoms with Gasteiger partial charge in [0.05, 0.1) is 5.92 Å². The number of benzene rings is 1. The number of hydrogen-bond acceptors (Lipinski definition) is 2. The Morgan fingerprint density at radius 2 is 1.70 bits per heavy atom. The predicted octanol–water partition coefficient (Wildman–Crippen LogP) is 4.69. The summed E-state index contributed by atoms with van der Waals surface area (Å²) in [5.41, 5.74) is 0.964. The van der Waals surface area contributed by atoms with Crippen LogP contribution in [0.5, 0.6) is 0 Å². The molecule has 1 aromatic carbocycles. The van der Waals surface area contributed by atoms with Crippen molar-refractivity contribution in [2.45, 2.75) is 64.4 Å². The van der Waals surface area contributed by atoms with E-state index in [9.17, 15) is 4.79 Å². The molecule has 2 atom stereocenters. The van der Waals surface area contributed by atoms with Gasteiger partial charge in [-0.1, -0.05) is 50.6 Å². The van der Waals surface area contributed by atoms with E-state index in [2.05, 4.69) is 26.0 Å². The minimum Gasteiger partial charge on any atom is -0.459 e. The van der Waals surface area contributed by atoms with Crippen LogP contribution in [0.4, 0.5) is 0 Å². The Hall–Kier alpha value is -1.31. The quantitative estimate of drug-likeness (QED) is 0.744. The van der Waals surface area contributed by atoms with Crippen LogP contribution in [0.1, 0.15) is 64.4 Å². The van der Waals surface area contributed by atoms with Crippen LogP contribution in [0.3, 0.4) is 0 Å². The number of carbonyl (C=O) groups is 1. The van der Waals surface area contributed by atoms with E-state index in [0.29, 0.717) is 0 Å². The normalized spacial score (nSPS) is 20.9. The van der Waals surface area contributed by atoms with E-state index in [1.165, 1.54) is 24.8 Å². The lowest BCUT2D eigenvalue weighted by Crippen LogP contribution is -2.36. The minimum atomic E-state index is -0.236. The molecule has 0 N–H and O–H groups in total. The molecule has 20 heavy (non-hydrogen) atoms. The molecule has 1 aromatic rings. The molecule has 110 valence electrons. The molecule has 0 bridgehead atoms. The van der Waals surface area contributed by atoms with Crippen molar-refractivity contribution in [1.29, 1.82) is 0 Å². The summed E-state index contributed by atoms with van der Waals surface area (Å²) >= 11 is 0. The zero-order valence-corrected chi connectivity index (χ0v) is 12.9. The lowest BCUT2D eigenvalue weighted by molar-refractivity contribution is -0.166. The zero-order chi connectivity index (χ0) is 14.6. The monoisotopic (exact) mass is 274 g/mol. The molecule has 2 rings (SSSR count). The van der Waals surface area contributed by atoms with Crippen LogP contribution in [-0.2, 0) is 9.53 Å². The summed E-state index contributed by atoms with van der Waals surface area (Å²) in [5.74, 6) is 0.0396. The molecule has 2 nitrogen and oxygen atoms in total. The average Bonchev–Trinajstić information content (AvgIpc) is 2.47. The fourth-order valence-corrected chi connectivity index (χ4v) is 2.99. The van der Waals surface area contributed by atoms with Crippen molar-refractivity contribution < 1.29 is 9.53 Å². The van der Waals surface area contributed by atoms with Gasteiger partial charge < -0.3 is 4.74 Å². The largest absolute Gasteiger partial charge is 0.459 e. The maximum Gasteiger partial charge on any atom is 0.309 e. The standard InChI is InChI=1S/C18H26O2/c1-14(16-10-6-4-7-11-16)15(2)17(19)20-18(3)12-8-5-9-13-18/h4,6-7,10-11,14-15H,5,8-9,12-13H2,1-3H3. The van der Waals surface area contributed by atoms with Crippen LogP contribution in [0, 0.1) is 5.92 Å². The zero-order valence-electron chi connectivity index (χ0n) is 12.9.